The summed E-state index contributed by atoms with van der Waals surface area (Å²) < 4.78 is 0.960. The summed E-state index contributed by atoms with van der Waals surface area (Å²) in [6, 6.07) is 7.46. The zero-order valence-electron chi connectivity index (χ0n) is 12.8. The first-order valence-corrected chi connectivity index (χ1v) is 8.47. The number of amides is 2. The predicted octanol–water partition coefficient (Wildman–Crippen LogP) is 3.17. The first-order chi connectivity index (χ1) is 10.3. The highest BCUT2D eigenvalue weighted by molar-refractivity contribution is 9.10. The number of carbonyl (C=O) groups is 2. The Morgan fingerprint density at radius 2 is 1.68 bits per heavy atom. The van der Waals surface area contributed by atoms with Gasteiger partial charge < -0.3 is 11.1 Å². The summed E-state index contributed by atoms with van der Waals surface area (Å²) in [5, 5.41) is 2.95. The van der Waals surface area contributed by atoms with E-state index in [0.717, 1.165) is 23.0 Å². The molecule has 0 aromatic heterocycles. The second-order valence-electron chi connectivity index (χ2n) is 7.06. The first-order valence-electron chi connectivity index (χ1n) is 7.68. The molecule has 0 spiro atoms. The maximum absolute atomic E-state index is 12.8. The summed E-state index contributed by atoms with van der Waals surface area (Å²) in [6.07, 6.45) is 1.99. The second-order valence-corrected chi connectivity index (χ2v) is 7.98. The van der Waals surface area contributed by atoms with E-state index in [9.17, 15) is 9.59 Å². The monoisotopic (exact) mass is 364 g/mol. The van der Waals surface area contributed by atoms with Crippen LogP contribution in [-0.4, -0.2) is 11.8 Å². The van der Waals surface area contributed by atoms with Gasteiger partial charge in [-0.1, -0.05) is 29.8 Å². The van der Waals surface area contributed by atoms with Gasteiger partial charge in [0.25, 0.3) is 0 Å². The van der Waals surface area contributed by atoms with E-state index < -0.39 is 0 Å². The molecule has 0 radical (unpaired) electrons. The van der Waals surface area contributed by atoms with Gasteiger partial charge in [0.1, 0.15) is 0 Å². The molecular weight excluding hydrogens is 344 g/mol. The minimum absolute atomic E-state index is 0.00141. The number of anilines is 1. The van der Waals surface area contributed by atoms with E-state index in [1.54, 1.807) is 0 Å². The lowest BCUT2D eigenvalue weighted by Gasteiger charge is -2.27. The number of primary amides is 1. The van der Waals surface area contributed by atoms with Crippen molar-refractivity contribution < 1.29 is 9.59 Å². The molecule has 1 aromatic rings. The van der Waals surface area contributed by atoms with Crippen LogP contribution in [0.4, 0.5) is 5.69 Å². The van der Waals surface area contributed by atoms with Crippen molar-refractivity contribution in [3.8, 4) is 0 Å². The smallest absolute Gasteiger partial charge is 0.228 e. The van der Waals surface area contributed by atoms with Crippen LogP contribution in [0.15, 0.2) is 28.7 Å². The summed E-state index contributed by atoms with van der Waals surface area (Å²) in [6.45, 7) is 4.33. The molecule has 0 heterocycles. The van der Waals surface area contributed by atoms with Crippen molar-refractivity contribution in [2.45, 2.75) is 26.7 Å². The lowest BCUT2D eigenvalue weighted by atomic mass is 9.78. The minimum Gasteiger partial charge on any atom is -0.369 e. The molecule has 22 heavy (non-hydrogen) atoms. The van der Waals surface area contributed by atoms with Crippen molar-refractivity contribution in [3.63, 3.8) is 0 Å². The number of fused-ring (bicyclic) bond motifs is 2. The van der Waals surface area contributed by atoms with Crippen molar-refractivity contribution in [2.24, 2.45) is 34.8 Å². The van der Waals surface area contributed by atoms with Gasteiger partial charge in [-0.05, 0) is 54.4 Å². The van der Waals surface area contributed by atoms with Crippen LogP contribution in [0.25, 0.3) is 0 Å². The van der Waals surface area contributed by atoms with Crippen LogP contribution >= 0.6 is 15.9 Å². The summed E-state index contributed by atoms with van der Waals surface area (Å²) in [4.78, 5) is 24.7. The quantitative estimate of drug-likeness (QED) is 0.864. The Hall–Kier alpha value is -1.36. The van der Waals surface area contributed by atoms with E-state index in [4.69, 9.17) is 5.73 Å². The molecule has 0 aliphatic heterocycles. The Kier molecular flexibility index (Phi) is 3.79. The van der Waals surface area contributed by atoms with Gasteiger partial charge in [0, 0.05) is 10.2 Å². The third-order valence-corrected chi connectivity index (χ3v) is 6.23. The largest absolute Gasteiger partial charge is 0.369 e. The third kappa shape index (κ3) is 2.35. The summed E-state index contributed by atoms with van der Waals surface area (Å²) in [5.41, 5.74) is 6.37. The molecule has 4 unspecified atom stereocenters. The first kappa shape index (κ1) is 15.5. The summed E-state index contributed by atoms with van der Waals surface area (Å²) in [7, 11) is 0. The number of nitrogens with one attached hydrogen (secondary N) is 1. The number of benzene rings is 1. The Labute approximate surface area is 139 Å². The normalized spacial score (nSPS) is 32.0. The fourth-order valence-electron chi connectivity index (χ4n) is 4.64. The summed E-state index contributed by atoms with van der Waals surface area (Å²) in [5.74, 6) is -0.622. The third-order valence-electron chi connectivity index (χ3n) is 5.70. The average Bonchev–Trinajstić information content (AvgIpc) is 2.87. The fourth-order valence-corrected chi connectivity index (χ4v) is 4.91. The van der Waals surface area contributed by atoms with Crippen molar-refractivity contribution >= 4 is 33.4 Å². The van der Waals surface area contributed by atoms with E-state index in [1.165, 1.54) is 0 Å². The molecule has 3 rings (SSSR count). The van der Waals surface area contributed by atoms with E-state index in [-0.39, 0.29) is 40.9 Å². The van der Waals surface area contributed by atoms with Crippen LogP contribution in [0.3, 0.4) is 0 Å². The zero-order valence-corrected chi connectivity index (χ0v) is 14.4. The van der Waals surface area contributed by atoms with E-state index in [0.29, 0.717) is 0 Å². The molecule has 0 saturated heterocycles. The Balaban J connectivity index is 1.84. The standard InChI is InChI=1S/C17H21BrN2O2/c1-17(2)11-7-8-12(17)14(13(11)15(19)21)16(22)20-10-5-3-9(18)4-6-10/h3-6,11-14H,7-8H2,1-2H3,(H2,19,21)(H,20,22). The van der Waals surface area contributed by atoms with Crippen LogP contribution in [0.5, 0.6) is 0 Å². The number of rotatable bonds is 3. The van der Waals surface area contributed by atoms with Crippen LogP contribution in [0, 0.1) is 29.1 Å². The molecule has 5 heteroatoms. The molecule has 1 aromatic carbocycles. The van der Waals surface area contributed by atoms with Gasteiger partial charge in [-0.3, -0.25) is 9.59 Å². The van der Waals surface area contributed by atoms with Gasteiger partial charge in [0.15, 0.2) is 0 Å². The molecule has 2 saturated carbocycles. The molecule has 2 amide bonds. The number of halogens is 1. The summed E-state index contributed by atoms with van der Waals surface area (Å²) >= 11 is 3.37. The van der Waals surface area contributed by atoms with Crippen LogP contribution in [-0.2, 0) is 9.59 Å². The van der Waals surface area contributed by atoms with E-state index in [1.807, 2.05) is 24.3 Å². The highest BCUT2D eigenvalue weighted by Crippen LogP contribution is 2.63. The second kappa shape index (κ2) is 5.37. The van der Waals surface area contributed by atoms with Gasteiger partial charge in [-0.2, -0.15) is 0 Å². The number of carbonyl (C=O) groups excluding carboxylic acids is 2. The fraction of sp³-hybridized carbons (Fsp3) is 0.529. The Morgan fingerprint density at radius 3 is 2.23 bits per heavy atom. The van der Waals surface area contributed by atoms with Crippen molar-refractivity contribution in [2.75, 3.05) is 5.32 Å². The zero-order chi connectivity index (χ0) is 16.1. The van der Waals surface area contributed by atoms with Crippen molar-refractivity contribution in [1.82, 2.24) is 0 Å². The lowest BCUT2D eigenvalue weighted by Crippen LogP contribution is -2.40. The van der Waals surface area contributed by atoms with E-state index in [2.05, 4.69) is 35.1 Å². The van der Waals surface area contributed by atoms with Crippen LogP contribution in [0.1, 0.15) is 26.7 Å². The van der Waals surface area contributed by atoms with E-state index >= 15 is 0 Å². The molecule has 118 valence electrons. The number of nitrogens with two attached hydrogens (primary N) is 1. The van der Waals surface area contributed by atoms with Crippen LogP contribution < -0.4 is 11.1 Å². The Bertz CT molecular complexity index is 612. The molecule has 2 fully saturated rings. The highest BCUT2D eigenvalue weighted by atomic mass is 79.9. The Morgan fingerprint density at radius 1 is 1.14 bits per heavy atom. The van der Waals surface area contributed by atoms with Gasteiger partial charge in [-0.15, -0.1) is 0 Å². The predicted molar refractivity (Wildman–Crippen MR) is 88.9 cm³/mol. The van der Waals surface area contributed by atoms with Gasteiger partial charge in [-0.25, -0.2) is 0 Å². The molecule has 2 bridgehead atoms. The average molecular weight is 365 g/mol. The minimum atomic E-state index is -0.343. The van der Waals surface area contributed by atoms with Crippen LogP contribution in [0.2, 0.25) is 0 Å². The molecular formula is C17H21BrN2O2. The number of hydrogen-bond donors (Lipinski definition) is 2. The topological polar surface area (TPSA) is 72.2 Å². The molecule has 3 N–H and O–H groups in total. The number of hydrogen-bond acceptors (Lipinski definition) is 2. The molecule has 2 aliphatic carbocycles. The lowest BCUT2D eigenvalue weighted by molar-refractivity contribution is -0.132. The SMILES string of the molecule is CC1(C)C2CCC1C(C(=O)Nc1ccc(Br)cc1)C2C(N)=O. The molecule has 2 aliphatic rings. The molecule has 4 atom stereocenters. The molecule has 4 nitrogen and oxygen atoms in total. The van der Waals surface area contributed by atoms with Gasteiger partial charge in [0.05, 0.1) is 11.8 Å². The maximum Gasteiger partial charge on any atom is 0.228 e. The maximum atomic E-state index is 12.8. The van der Waals surface area contributed by atoms with Crippen molar-refractivity contribution in [1.29, 1.82) is 0 Å². The van der Waals surface area contributed by atoms with Crippen molar-refractivity contribution in [3.05, 3.63) is 28.7 Å². The highest BCUT2D eigenvalue weighted by Gasteiger charge is 2.62. The van der Waals surface area contributed by atoms with Gasteiger partial charge in [0.2, 0.25) is 11.8 Å². The van der Waals surface area contributed by atoms with Gasteiger partial charge >= 0.3 is 0 Å².